The summed E-state index contributed by atoms with van der Waals surface area (Å²) in [7, 11) is -1.20. The Hall–Kier alpha value is -3.31. The first-order valence-corrected chi connectivity index (χ1v) is 19.6. The second-order valence-corrected chi connectivity index (χ2v) is 19.7. The van der Waals surface area contributed by atoms with Gasteiger partial charge in [-0.25, -0.2) is 9.07 Å². The van der Waals surface area contributed by atoms with Gasteiger partial charge in [-0.2, -0.15) is 10.2 Å². The molecule has 0 saturated heterocycles. The van der Waals surface area contributed by atoms with Gasteiger partial charge >= 0.3 is 0 Å². The topological polar surface area (TPSA) is 103 Å². The van der Waals surface area contributed by atoms with E-state index in [1.807, 2.05) is 27.7 Å². The highest BCUT2D eigenvalue weighted by Crippen LogP contribution is 2.51. The third-order valence-electron chi connectivity index (χ3n) is 8.78. The average Bonchev–Trinajstić information content (AvgIpc) is 3.88. The maximum atomic E-state index is 15.7. The van der Waals surface area contributed by atoms with Crippen molar-refractivity contribution in [1.29, 1.82) is 0 Å². The minimum absolute atomic E-state index is 0.00375. The Bertz CT molecular complexity index is 1490. The number of aromatic nitrogens is 4. The molecule has 5 rings (SSSR count). The third kappa shape index (κ3) is 7.48. The van der Waals surface area contributed by atoms with Crippen LogP contribution >= 0.6 is 0 Å². The number of nitrogens with one attached hydrogen (secondary N) is 2. The maximum Gasteiger partial charge on any atom is 0.270 e. The Morgan fingerprint density at radius 1 is 1.09 bits per heavy atom. The standard InChI is InChI=1S/C33H47FN6O3Si/c1-20(2)40-28(14-15-35-40)32(41)37-31(30(23-8-9-23)24-10-11-24)33(42)36-25-12-13-26(27(34)18-25)29-21(3)38-39(22(29)4)19-43-16-17-44(5,6)7/h12-15,18,20,23-24,30-31H,8-11,16-17,19H2,1-7H3,(H,36,42)(H,37,41)/t31-/m0/s1. The number of aryl methyl sites for hydroxylation is 1. The summed E-state index contributed by atoms with van der Waals surface area (Å²) in [6.45, 7) is 15.6. The van der Waals surface area contributed by atoms with E-state index in [2.05, 4.69) is 40.5 Å². The van der Waals surface area contributed by atoms with Gasteiger partial charge in [0.15, 0.2) is 0 Å². The monoisotopic (exact) mass is 622 g/mol. The number of amides is 2. The fraction of sp³-hybridized carbons (Fsp3) is 0.576. The molecule has 2 aliphatic rings. The van der Waals surface area contributed by atoms with E-state index in [4.69, 9.17) is 4.74 Å². The zero-order chi connectivity index (χ0) is 31.8. The largest absolute Gasteiger partial charge is 0.360 e. The SMILES string of the molecule is Cc1nn(COCC[Si](C)(C)C)c(C)c1-c1ccc(NC(=O)[C@@H](NC(=O)c2ccnn2C(C)C)C(C2CC2)C2CC2)cc1F. The Morgan fingerprint density at radius 3 is 2.36 bits per heavy atom. The zero-order valence-electron chi connectivity index (χ0n) is 27.1. The number of ether oxygens (including phenoxy) is 1. The number of benzene rings is 1. The summed E-state index contributed by atoms with van der Waals surface area (Å²) in [5.74, 6) is -0.209. The molecule has 2 saturated carbocycles. The highest BCUT2D eigenvalue weighted by atomic mass is 28.3. The van der Waals surface area contributed by atoms with E-state index in [9.17, 15) is 9.59 Å². The molecule has 2 N–H and O–H groups in total. The van der Waals surface area contributed by atoms with Crippen molar-refractivity contribution in [2.45, 2.75) is 97.9 Å². The molecule has 1 atom stereocenters. The number of hydrogen-bond donors (Lipinski definition) is 2. The lowest BCUT2D eigenvalue weighted by Crippen LogP contribution is -2.50. The van der Waals surface area contributed by atoms with Crippen molar-refractivity contribution in [2.75, 3.05) is 11.9 Å². The van der Waals surface area contributed by atoms with Crippen molar-refractivity contribution in [1.82, 2.24) is 24.9 Å². The third-order valence-corrected chi connectivity index (χ3v) is 10.5. The van der Waals surface area contributed by atoms with E-state index in [-0.39, 0.29) is 23.8 Å². The van der Waals surface area contributed by atoms with Gasteiger partial charge in [0.1, 0.15) is 24.3 Å². The molecule has 0 spiro atoms. The predicted octanol–water partition coefficient (Wildman–Crippen LogP) is 6.57. The second-order valence-electron chi connectivity index (χ2n) is 14.0. The number of carbonyl (C=O) groups is 2. The number of carbonyl (C=O) groups excluding carboxylic acids is 2. The molecule has 2 fully saturated rings. The van der Waals surface area contributed by atoms with Crippen LogP contribution in [0.3, 0.4) is 0 Å². The van der Waals surface area contributed by atoms with Gasteiger partial charge in [0.2, 0.25) is 5.91 Å². The smallest absolute Gasteiger partial charge is 0.270 e. The number of rotatable bonds is 14. The van der Waals surface area contributed by atoms with Crippen molar-refractivity contribution >= 4 is 25.6 Å². The molecule has 0 radical (unpaired) electrons. The summed E-state index contributed by atoms with van der Waals surface area (Å²) in [4.78, 5) is 27.2. The summed E-state index contributed by atoms with van der Waals surface area (Å²) in [5, 5.41) is 14.9. The van der Waals surface area contributed by atoms with Crippen LogP contribution in [-0.2, 0) is 16.3 Å². The van der Waals surface area contributed by atoms with E-state index in [0.29, 0.717) is 47.8 Å². The highest BCUT2D eigenvalue weighted by Gasteiger charge is 2.48. The van der Waals surface area contributed by atoms with Crippen LogP contribution in [0.15, 0.2) is 30.5 Å². The van der Waals surface area contributed by atoms with Crippen LogP contribution in [0.1, 0.15) is 67.4 Å². The van der Waals surface area contributed by atoms with E-state index >= 15 is 4.39 Å². The molecule has 2 heterocycles. The lowest BCUT2D eigenvalue weighted by Gasteiger charge is -2.28. The molecule has 0 unspecified atom stereocenters. The summed E-state index contributed by atoms with van der Waals surface area (Å²) in [6, 6.07) is 6.78. The molecule has 2 aromatic heterocycles. The fourth-order valence-electron chi connectivity index (χ4n) is 6.11. The van der Waals surface area contributed by atoms with Gasteiger partial charge in [0.25, 0.3) is 5.91 Å². The van der Waals surface area contributed by atoms with Crippen molar-refractivity contribution in [3.63, 3.8) is 0 Å². The van der Waals surface area contributed by atoms with E-state index in [1.165, 1.54) is 6.07 Å². The first kappa shape index (κ1) is 32.1. The lowest BCUT2D eigenvalue weighted by atomic mass is 9.88. The minimum Gasteiger partial charge on any atom is -0.360 e. The van der Waals surface area contributed by atoms with Crippen molar-refractivity contribution in [3.05, 3.63) is 53.4 Å². The molecule has 11 heteroatoms. The van der Waals surface area contributed by atoms with E-state index in [1.54, 1.807) is 33.8 Å². The van der Waals surface area contributed by atoms with Crippen LogP contribution in [0, 0.1) is 37.4 Å². The molecular formula is C33H47FN6O3Si. The Kier molecular flexibility index (Phi) is 9.46. The Labute approximate surface area is 260 Å². The normalized spacial score (nSPS) is 16.0. The molecule has 9 nitrogen and oxygen atoms in total. The van der Waals surface area contributed by atoms with Gasteiger partial charge < -0.3 is 15.4 Å². The quantitative estimate of drug-likeness (QED) is 0.156. The van der Waals surface area contributed by atoms with Crippen molar-refractivity contribution in [2.24, 2.45) is 17.8 Å². The first-order chi connectivity index (χ1) is 20.8. The van der Waals surface area contributed by atoms with Crippen LogP contribution in [0.4, 0.5) is 10.1 Å². The number of halogens is 1. The van der Waals surface area contributed by atoms with Crippen LogP contribution in [0.2, 0.25) is 25.7 Å². The molecule has 1 aromatic carbocycles. The highest BCUT2D eigenvalue weighted by molar-refractivity contribution is 6.76. The average molecular weight is 623 g/mol. The van der Waals surface area contributed by atoms with Crippen molar-refractivity contribution in [3.8, 4) is 11.1 Å². The van der Waals surface area contributed by atoms with E-state index < -0.39 is 19.9 Å². The van der Waals surface area contributed by atoms with Gasteiger partial charge in [0, 0.05) is 49.4 Å². The molecule has 0 aliphatic heterocycles. The summed E-state index contributed by atoms with van der Waals surface area (Å²) in [5.41, 5.74) is 3.46. The summed E-state index contributed by atoms with van der Waals surface area (Å²) < 4.78 is 25.0. The van der Waals surface area contributed by atoms with Crippen LogP contribution < -0.4 is 10.6 Å². The predicted molar refractivity (Wildman–Crippen MR) is 173 cm³/mol. The first-order valence-electron chi connectivity index (χ1n) is 15.9. The number of hydrogen-bond acceptors (Lipinski definition) is 5. The lowest BCUT2D eigenvalue weighted by molar-refractivity contribution is -0.119. The van der Waals surface area contributed by atoms with Gasteiger partial charge in [-0.3, -0.25) is 14.3 Å². The fourth-order valence-corrected chi connectivity index (χ4v) is 6.86. The zero-order valence-corrected chi connectivity index (χ0v) is 28.1. The Morgan fingerprint density at radius 2 is 1.77 bits per heavy atom. The number of nitrogens with zero attached hydrogens (tertiary/aromatic N) is 4. The molecule has 2 aliphatic carbocycles. The van der Waals surface area contributed by atoms with Crippen LogP contribution in [-0.4, -0.2) is 52.1 Å². The van der Waals surface area contributed by atoms with Crippen LogP contribution in [0.25, 0.3) is 11.1 Å². The van der Waals surface area contributed by atoms with Gasteiger partial charge in [-0.05, 0) is 101 Å². The molecule has 44 heavy (non-hydrogen) atoms. The number of anilines is 1. The van der Waals surface area contributed by atoms with Gasteiger partial charge in [-0.15, -0.1) is 0 Å². The molecule has 2 amide bonds. The van der Waals surface area contributed by atoms with Gasteiger partial charge in [0.05, 0.1) is 5.69 Å². The molecule has 3 aromatic rings. The summed E-state index contributed by atoms with van der Waals surface area (Å²) in [6.07, 6.45) is 5.84. The molecular weight excluding hydrogens is 575 g/mol. The van der Waals surface area contributed by atoms with Crippen molar-refractivity contribution < 1.29 is 18.7 Å². The molecule has 238 valence electrons. The van der Waals surface area contributed by atoms with E-state index in [0.717, 1.165) is 43.0 Å². The molecule has 0 bridgehead atoms. The minimum atomic E-state index is -1.20. The second kappa shape index (κ2) is 13.0. The Balaban J connectivity index is 1.32. The summed E-state index contributed by atoms with van der Waals surface area (Å²) >= 11 is 0. The van der Waals surface area contributed by atoms with Gasteiger partial charge in [-0.1, -0.05) is 19.6 Å². The van der Waals surface area contributed by atoms with Crippen LogP contribution in [0.5, 0.6) is 0 Å². The maximum absolute atomic E-state index is 15.7.